The van der Waals surface area contributed by atoms with Gasteiger partial charge >= 0.3 is 5.69 Å². The minimum absolute atomic E-state index is 0.174. The molecule has 0 N–H and O–H groups in total. The molecule has 0 fully saturated rings. The van der Waals surface area contributed by atoms with Gasteiger partial charge in [-0.1, -0.05) is 30.3 Å². The summed E-state index contributed by atoms with van der Waals surface area (Å²) in [5, 5.41) is 0. The third-order valence-electron chi connectivity index (χ3n) is 6.13. The van der Waals surface area contributed by atoms with E-state index in [-0.39, 0.29) is 23.3 Å². The highest BCUT2D eigenvalue weighted by atomic mass is 19.1. The molecule has 0 bridgehead atoms. The van der Waals surface area contributed by atoms with Gasteiger partial charge in [-0.25, -0.2) is 9.18 Å². The zero-order valence-electron chi connectivity index (χ0n) is 18.7. The number of ether oxygens (including phenoxy) is 1. The molecule has 0 unspecified atom stereocenters. The molecule has 5 aromatic rings. The van der Waals surface area contributed by atoms with Crippen LogP contribution in [0.5, 0.6) is 5.75 Å². The topological polar surface area (TPSA) is 75.5 Å². The summed E-state index contributed by atoms with van der Waals surface area (Å²) in [6.45, 7) is 3.65. The lowest BCUT2D eigenvalue weighted by Crippen LogP contribution is -2.39. The first-order chi connectivity index (χ1) is 15.8. The van der Waals surface area contributed by atoms with Crippen LogP contribution in [0.1, 0.15) is 17.0 Å². The number of rotatable bonds is 4. The first-order valence-electron chi connectivity index (χ1n) is 10.4. The maximum Gasteiger partial charge on any atom is 0.332 e. The second kappa shape index (κ2) is 7.47. The molecule has 3 aromatic heterocycles. The zero-order chi connectivity index (χ0) is 23.4. The highest BCUT2D eigenvalue weighted by Gasteiger charge is 2.24. The largest absolute Gasteiger partial charge is 0.495 e. The molecule has 0 aliphatic heterocycles. The number of halogens is 1. The van der Waals surface area contributed by atoms with Gasteiger partial charge in [0.05, 0.1) is 19.3 Å². The number of nitrogens with zero attached hydrogens (tertiary/aromatic N) is 5. The monoisotopic (exact) mass is 447 g/mol. The van der Waals surface area contributed by atoms with Crippen LogP contribution in [0.25, 0.3) is 22.6 Å². The Balaban J connectivity index is 1.87. The maximum absolute atomic E-state index is 14.3. The van der Waals surface area contributed by atoms with Crippen molar-refractivity contribution in [2.24, 2.45) is 7.05 Å². The quantitative estimate of drug-likeness (QED) is 0.425. The molecule has 0 radical (unpaired) electrons. The molecule has 0 aliphatic carbocycles. The highest BCUT2D eigenvalue weighted by Crippen LogP contribution is 2.29. The average molecular weight is 447 g/mol. The Morgan fingerprint density at radius 2 is 1.70 bits per heavy atom. The molecule has 0 saturated heterocycles. The number of aryl methyl sites for hydroxylation is 2. The van der Waals surface area contributed by atoms with Gasteiger partial charge in [0.1, 0.15) is 11.6 Å². The number of para-hydroxylation sites is 2. The molecule has 8 nitrogen and oxygen atoms in total. The van der Waals surface area contributed by atoms with E-state index < -0.39 is 17.1 Å². The van der Waals surface area contributed by atoms with Crippen molar-refractivity contribution in [2.45, 2.75) is 20.4 Å². The van der Waals surface area contributed by atoms with Crippen LogP contribution in [0.4, 0.5) is 4.39 Å². The maximum atomic E-state index is 14.3. The molecule has 0 spiro atoms. The van der Waals surface area contributed by atoms with E-state index in [0.29, 0.717) is 11.5 Å². The van der Waals surface area contributed by atoms with Gasteiger partial charge in [-0.15, -0.1) is 0 Å². The third-order valence-corrected chi connectivity index (χ3v) is 6.13. The molecule has 0 saturated carbocycles. The van der Waals surface area contributed by atoms with Gasteiger partial charge < -0.3 is 4.74 Å². The van der Waals surface area contributed by atoms with E-state index in [1.807, 2.05) is 42.7 Å². The van der Waals surface area contributed by atoms with Crippen molar-refractivity contribution in [3.63, 3.8) is 0 Å². The van der Waals surface area contributed by atoms with Crippen molar-refractivity contribution in [1.29, 1.82) is 0 Å². The summed E-state index contributed by atoms with van der Waals surface area (Å²) in [4.78, 5) is 31.3. The van der Waals surface area contributed by atoms with Gasteiger partial charge in [0.15, 0.2) is 11.2 Å². The van der Waals surface area contributed by atoms with E-state index in [2.05, 4.69) is 4.98 Å². The Kier molecular flexibility index (Phi) is 4.70. The molecule has 0 amide bonds. The zero-order valence-corrected chi connectivity index (χ0v) is 18.7. The van der Waals surface area contributed by atoms with Crippen LogP contribution in [0, 0.1) is 19.7 Å². The molecule has 33 heavy (non-hydrogen) atoms. The smallest absolute Gasteiger partial charge is 0.332 e. The van der Waals surface area contributed by atoms with Crippen molar-refractivity contribution in [1.82, 2.24) is 23.1 Å². The summed E-state index contributed by atoms with van der Waals surface area (Å²) in [5.41, 5.74) is 2.14. The SMILES string of the molecule is COc1ccccc1-n1c(C)c(C)n2c3c(=O)n(Cc4ccccc4F)c(=O)n(C)c3nc12. The second-order valence-corrected chi connectivity index (χ2v) is 7.92. The summed E-state index contributed by atoms with van der Waals surface area (Å²) in [6.07, 6.45) is 0. The van der Waals surface area contributed by atoms with Gasteiger partial charge in [-0.05, 0) is 32.0 Å². The first-order valence-corrected chi connectivity index (χ1v) is 10.4. The lowest BCUT2D eigenvalue weighted by Gasteiger charge is -2.11. The molecular formula is C24H22FN5O3. The molecule has 0 aliphatic rings. The van der Waals surface area contributed by atoms with Crippen LogP contribution in [-0.2, 0) is 13.6 Å². The summed E-state index contributed by atoms with van der Waals surface area (Å²) in [7, 11) is 3.15. The van der Waals surface area contributed by atoms with Crippen molar-refractivity contribution >= 4 is 16.9 Å². The minimum atomic E-state index is -0.560. The number of benzene rings is 2. The van der Waals surface area contributed by atoms with E-state index in [1.165, 1.54) is 10.6 Å². The minimum Gasteiger partial charge on any atom is -0.495 e. The number of fused-ring (bicyclic) bond motifs is 3. The Labute approximate surface area is 187 Å². The van der Waals surface area contributed by atoms with Crippen LogP contribution >= 0.6 is 0 Å². The number of aromatic nitrogens is 5. The molecule has 168 valence electrons. The van der Waals surface area contributed by atoms with E-state index >= 15 is 0 Å². The average Bonchev–Trinajstić information content (AvgIpc) is 3.31. The van der Waals surface area contributed by atoms with Crippen molar-refractivity contribution in [3.05, 3.63) is 92.1 Å². The highest BCUT2D eigenvalue weighted by molar-refractivity contribution is 5.77. The summed E-state index contributed by atoms with van der Waals surface area (Å²) in [6, 6.07) is 13.6. The summed E-state index contributed by atoms with van der Waals surface area (Å²) >= 11 is 0. The lowest BCUT2D eigenvalue weighted by atomic mass is 10.2. The molecule has 3 heterocycles. The lowest BCUT2D eigenvalue weighted by molar-refractivity contribution is 0.413. The fraction of sp³-hybridized carbons (Fsp3) is 0.208. The van der Waals surface area contributed by atoms with Gasteiger partial charge in [0, 0.05) is 24.0 Å². The molecule has 9 heteroatoms. The predicted molar refractivity (Wildman–Crippen MR) is 123 cm³/mol. The van der Waals surface area contributed by atoms with Gasteiger partial charge in [0.2, 0.25) is 5.78 Å². The van der Waals surface area contributed by atoms with Crippen LogP contribution in [0.15, 0.2) is 58.1 Å². The van der Waals surface area contributed by atoms with Crippen molar-refractivity contribution in [3.8, 4) is 11.4 Å². The van der Waals surface area contributed by atoms with Gasteiger partial charge in [-0.3, -0.25) is 22.9 Å². The Morgan fingerprint density at radius 3 is 2.42 bits per heavy atom. The summed E-state index contributed by atoms with van der Waals surface area (Å²) < 4.78 is 25.8. The predicted octanol–water partition coefficient (Wildman–Crippen LogP) is 2.95. The fourth-order valence-electron chi connectivity index (χ4n) is 4.29. The van der Waals surface area contributed by atoms with Gasteiger partial charge in [-0.2, -0.15) is 4.98 Å². The van der Waals surface area contributed by atoms with Crippen LogP contribution in [0.2, 0.25) is 0 Å². The summed E-state index contributed by atoms with van der Waals surface area (Å²) in [5.74, 6) is 0.663. The normalized spacial score (nSPS) is 11.5. The van der Waals surface area contributed by atoms with Crippen LogP contribution < -0.4 is 16.0 Å². The third kappa shape index (κ3) is 2.92. The van der Waals surface area contributed by atoms with E-state index in [1.54, 1.807) is 36.8 Å². The number of hydrogen-bond donors (Lipinski definition) is 0. The second-order valence-electron chi connectivity index (χ2n) is 7.92. The van der Waals surface area contributed by atoms with Crippen LogP contribution in [-0.4, -0.2) is 30.2 Å². The number of methoxy groups -OCH3 is 1. The standard InChI is InChI=1S/C24H22FN5O3/c1-14-15(2)30-20-21(26-23(30)29(14)18-11-7-8-12-19(18)33-4)27(3)24(32)28(22(20)31)13-16-9-5-6-10-17(16)25/h5-12H,13H2,1-4H3. The van der Waals surface area contributed by atoms with E-state index in [9.17, 15) is 14.0 Å². The van der Waals surface area contributed by atoms with Crippen molar-refractivity contribution in [2.75, 3.05) is 7.11 Å². The van der Waals surface area contributed by atoms with Crippen molar-refractivity contribution < 1.29 is 9.13 Å². The Morgan fingerprint density at radius 1 is 1.00 bits per heavy atom. The Hall–Kier alpha value is -4.14. The van der Waals surface area contributed by atoms with Gasteiger partial charge in [0.25, 0.3) is 5.56 Å². The van der Waals surface area contributed by atoms with E-state index in [0.717, 1.165) is 21.6 Å². The van der Waals surface area contributed by atoms with Crippen LogP contribution in [0.3, 0.4) is 0 Å². The van der Waals surface area contributed by atoms with E-state index in [4.69, 9.17) is 4.74 Å². The Bertz CT molecular complexity index is 1670. The molecular weight excluding hydrogens is 425 g/mol. The fourth-order valence-corrected chi connectivity index (χ4v) is 4.29. The first kappa shape index (κ1) is 20.7. The number of hydrogen-bond acceptors (Lipinski definition) is 4. The molecule has 5 rings (SSSR count). The molecule has 0 atom stereocenters. The molecule has 2 aromatic carbocycles. The number of imidazole rings is 2.